The summed E-state index contributed by atoms with van der Waals surface area (Å²) < 4.78 is 38.3. The van der Waals surface area contributed by atoms with Crippen molar-refractivity contribution in [2.24, 2.45) is 0 Å². The molecule has 0 aromatic heterocycles. The molecule has 0 amide bonds. The van der Waals surface area contributed by atoms with Crippen LogP contribution in [0.2, 0.25) is 0 Å². The first-order valence-corrected chi connectivity index (χ1v) is 6.57. The fraction of sp³-hybridized carbons (Fsp3) is 0.364. The van der Waals surface area contributed by atoms with E-state index < -0.39 is 21.9 Å². The molecular formula is C11H13FN2O3S. The molecule has 0 spiro atoms. The molecule has 0 aliphatic rings. The lowest BCUT2D eigenvalue weighted by Crippen LogP contribution is -2.37. The normalized spacial score (nSPS) is 13.3. The van der Waals surface area contributed by atoms with Crippen LogP contribution in [0.5, 0.6) is 0 Å². The second-order valence-corrected chi connectivity index (χ2v) is 5.80. The van der Waals surface area contributed by atoms with Crippen LogP contribution in [0.4, 0.5) is 4.39 Å². The van der Waals surface area contributed by atoms with Gasteiger partial charge in [-0.15, -0.1) is 0 Å². The number of halogens is 1. The van der Waals surface area contributed by atoms with Gasteiger partial charge in [0.2, 0.25) is 10.0 Å². The van der Waals surface area contributed by atoms with Crippen molar-refractivity contribution >= 4 is 10.0 Å². The predicted octanol–water partition coefficient (Wildman–Crippen LogP) is 0.699. The van der Waals surface area contributed by atoms with Crippen LogP contribution >= 0.6 is 0 Å². The maximum atomic E-state index is 13.1. The standard InChI is InChI=1S/C11H13FN2O3S/c1-8(7-15)14(2)18(16,17)10-3-4-11(12)9(5-10)6-13/h3-5,8,15H,7H2,1-2H3. The second kappa shape index (κ2) is 5.44. The van der Waals surface area contributed by atoms with Crippen LogP contribution in [-0.4, -0.2) is 37.5 Å². The maximum absolute atomic E-state index is 13.1. The number of benzene rings is 1. The Kier molecular flexibility index (Phi) is 4.40. The number of hydrogen-bond donors (Lipinski definition) is 1. The van der Waals surface area contributed by atoms with E-state index in [4.69, 9.17) is 10.4 Å². The zero-order valence-corrected chi connectivity index (χ0v) is 10.8. The van der Waals surface area contributed by atoms with Crippen molar-refractivity contribution < 1.29 is 17.9 Å². The molecule has 7 heteroatoms. The van der Waals surface area contributed by atoms with Crippen molar-refractivity contribution in [3.8, 4) is 6.07 Å². The van der Waals surface area contributed by atoms with E-state index in [2.05, 4.69) is 0 Å². The molecule has 0 saturated heterocycles. The molecule has 0 bridgehead atoms. The first-order chi connectivity index (χ1) is 8.34. The van der Waals surface area contributed by atoms with Gasteiger partial charge in [-0.25, -0.2) is 12.8 Å². The number of nitriles is 1. The van der Waals surface area contributed by atoms with Gasteiger partial charge >= 0.3 is 0 Å². The Morgan fingerprint density at radius 1 is 1.56 bits per heavy atom. The highest BCUT2D eigenvalue weighted by atomic mass is 32.2. The minimum Gasteiger partial charge on any atom is -0.395 e. The molecular weight excluding hydrogens is 259 g/mol. The monoisotopic (exact) mass is 272 g/mol. The van der Waals surface area contributed by atoms with E-state index in [0.29, 0.717) is 0 Å². The molecule has 0 fully saturated rings. The highest BCUT2D eigenvalue weighted by Crippen LogP contribution is 2.19. The Bertz CT molecular complexity index is 580. The lowest BCUT2D eigenvalue weighted by Gasteiger charge is -2.22. The summed E-state index contributed by atoms with van der Waals surface area (Å²) in [4.78, 5) is -0.178. The Labute approximate surface area is 105 Å². The van der Waals surface area contributed by atoms with Gasteiger partial charge in [0.05, 0.1) is 17.1 Å². The molecule has 1 aromatic carbocycles. The van der Waals surface area contributed by atoms with Crippen LogP contribution in [0.3, 0.4) is 0 Å². The van der Waals surface area contributed by atoms with Crippen molar-refractivity contribution in [3.63, 3.8) is 0 Å². The van der Waals surface area contributed by atoms with E-state index in [1.54, 1.807) is 6.07 Å². The van der Waals surface area contributed by atoms with Gasteiger partial charge < -0.3 is 5.11 Å². The first-order valence-electron chi connectivity index (χ1n) is 5.13. The molecule has 1 aromatic rings. The van der Waals surface area contributed by atoms with Gasteiger partial charge in [-0.3, -0.25) is 0 Å². The number of sulfonamides is 1. The summed E-state index contributed by atoms with van der Waals surface area (Å²) in [6.45, 7) is 1.20. The number of aliphatic hydroxyl groups excluding tert-OH is 1. The molecule has 5 nitrogen and oxygen atoms in total. The summed E-state index contributed by atoms with van der Waals surface area (Å²) >= 11 is 0. The summed E-state index contributed by atoms with van der Waals surface area (Å²) in [6, 6.07) is 3.98. The SMILES string of the molecule is CC(CO)N(C)S(=O)(=O)c1ccc(F)c(C#N)c1. The molecule has 1 rings (SSSR count). The third-order valence-corrected chi connectivity index (χ3v) is 4.59. The summed E-state index contributed by atoms with van der Waals surface area (Å²) in [6.07, 6.45) is 0. The van der Waals surface area contributed by atoms with Crippen molar-refractivity contribution in [1.82, 2.24) is 4.31 Å². The van der Waals surface area contributed by atoms with Crippen LogP contribution in [-0.2, 0) is 10.0 Å². The zero-order valence-electron chi connectivity index (χ0n) is 9.96. The quantitative estimate of drug-likeness (QED) is 0.874. The van der Waals surface area contributed by atoms with Crippen molar-refractivity contribution in [2.45, 2.75) is 17.9 Å². The average molecular weight is 272 g/mol. The van der Waals surface area contributed by atoms with Gasteiger partial charge in [0.15, 0.2) is 0 Å². The molecule has 18 heavy (non-hydrogen) atoms. The van der Waals surface area contributed by atoms with Crippen molar-refractivity contribution in [2.75, 3.05) is 13.7 Å². The molecule has 98 valence electrons. The zero-order chi connectivity index (χ0) is 13.9. The topological polar surface area (TPSA) is 81.4 Å². The average Bonchev–Trinajstić information content (AvgIpc) is 2.37. The van der Waals surface area contributed by atoms with Gasteiger partial charge in [-0.1, -0.05) is 0 Å². The molecule has 0 aliphatic heterocycles. The molecule has 0 saturated carbocycles. The van der Waals surface area contributed by atoms with Gasteiger partial charge in [-0.05, 0) is 25.1 Å². The lowest BCUT2D eigenvalue weighted by atomic mass is 10.2. The predicted molar refractivity (Wildman–Crippen MR) is 62.6 cm³/mol. The van der Waals surface area contributed by atoms with Gasteiger partial charge in [0.1, 0.15) is 11.9 Å². The van der Waals surface area contributed by atoms with Crippen LogP contribution in [0, 0.1) is 17.1 Å². The number of aliphatic hydroxyl groups is 1. The summed E-state index contributed by atoms with van der Waals surface area (Å²) in [5.41, 5.74) is -0.332. The minimum atomic E-state index is -3.84. The third-order valence-electron chi connectivity index (χ3n) is 2.62. The molecule has 1 unspecified atom stereocenters. The maximum Gasteiger partial charge on any atom is 0.243 e. The summed E-state index contributed by atoms with van der Waals surface area (Å²) in [7, 11) is -2.53. The first kappa shape index (κ1) is 14.6. The Hall–Kier alpha value is -1.49. The molecule has 0 heterocycles. The van der Waals surface area contributed by atoms with E-state index in [0.717, 1.165) is 22.5 Å². The lowest BCUT2D eigenvalue weighted by molar-refractivity contribution is 0.214. The number of rotatable bonds is 4. The van der Waals surface area contributed by atoms with Crippen LogP contribution in [0.25, 0.3) is 0 Å². The van der Waals surface area contributed by atoms with Crippen LogP contribution < -0.4 is 0 Å². The van der Waals surface area contributed by atoms with Crippen LogP contribution in [0.15, 0.2) is 23.1 Å². The van der Waals surface area contributed by atoms with Gasteiger partial charge in [0.25, 0.3) is 0 Å². The van der Waals surface area contributed by atoms with E-state index in [1.165, 1.54) is 14.0 Å². The van der Waals surface area contributed by atoms with E-state index >= 15 is 0 Å². The number of hydrogen-bond acceptors (Lipinski definition) is 4. The number of nitrogens with zero attached hydrogens (tertiary/aromatic N) is 2. The second-order valence-electron chi connectivity index (χ2n) is 3.81. The third kappa shape index (κ3) is 2.67. The van der Waals surface area contributed by atoms with Gasteiger partial charge in [0, 0.05) is 13.1 Å². The Balaban J connectivity index is 3.26. The fourth-order valence-electron chi connectivity index (χ4n) is 1.27. The summed E-state index contributed by atoms with van der Waals surface area (Å²) in [5.74, 6) is -0.769. The molecule has 1 atom stereocenters. The Morgan fingerprint density at radius 2 is 2.17 bits per heavy atom. The largest absolute Gasteiger partial charge is 0.395 e. The van der Waals surface area contributed by atoms with E-state index in [9.17, 15) is 12.8 Å². The van der Waals surface area contributed by atoms with E-state index in [-0.39, 0.29) is 17.1 Å². The molecule has 0 aliphatic carbocycles. The highest BCUT2D eigenvalue weighted by molar-refractivity contribution is 7.89. The number of likely N-dealkylation sites (N-methyl/N-ethyl adjacent to an activating group) is 1. The smallest absolute Gasteiger partial charge is 0.243 e. The molecule has 0 radical (unpaired) electrons. The van der Waals surface area contributed by atoms with Crippen molar-refractivity contribution in [3.05, 3.63) is 29.6 Å². The molecule has 1 N–H and O–H groups in total. The summed E-state index contributed by atoms with van der Waals surface area (Å²) in [5, 5.41) is 17.6. The fourth-order valence-corrected chi connectivity index (χ4v) is 2.65. The highest BCUT2D eigenvalue weighted by Gasteiger charge is 2.25. The van der Waals surface area contributed by atoms with E-state index in [1.807, 2.05) is 0 Å². The van der Waals surface area contributed by atoms with Crippen LogP contribution in [0.1, 0.15) is 12.5 Å². The van der Waals surface area contributed by atoms with Gasteiger partial charge in [-0.2, -0.15) is 9.57 Å². The van der Waals surface area contributed by atoms with Crippen molar-refractivity contribution in [1.29, 1.82) is 5.26 Å². The Morgan fingerprint density at radius 3 is 2.67 bits per heavy atom. The minimum absolute atomic E-state index is 0.178.